The van der Waals surface area contributed by atoms with Gasteiger partial charge in [-0.3, -0.25) is 0 Å². The van der Waals surface area contributed by atoms with Crippen LogP contribution in [0.15, 0.2) is 12.3 Å². The van der Waals surface area contributed by atoms with Gasteiger partial charge >= 0.3 is 0 Å². The van der Waals surface area contributed by atoms with Crippen LogP contribution in [0.5, 0.6) is 0 Å². The summed E-state index contributed by atoms with van der Waals surface area (Å²) in [5.74, 6) is 0.883. The molecule has 2 aliphatic carbocycles. The average Bonchev–Trinajstić information content (AvgIpc) is 2.84. The minimum absolute atomic E-state index is 0.286. The lowest BCUT2D eigenvalue weighted by Crippen LogP contribution is -2.23. The molecule has 0 saturated heterocycles. The van der Waals surface area contributed by atoms with Crippen LogP contribution in [0.2, 0.25) is 0 Å². The predicted molar refractivity (Wildman–Crippen MR) is 75.6 cm³/mol. The van der Waals surface area contributed by atoms with E-state index in [9.17, 15) is 0 Å². The molecule has 1 fully saturated rings. The zero-order valence-electron chi connectivity index (χ0n) is 11.6. The summed E-state index contributed by atoms with van der Waals surface area (Å²) in [5.41, 5.74) is 9.18. The lowest BCUT2D eigenvalue weighted by atomic mass is 9.84. The molecule has 100 valence electrons. The molecular weight excluding hydrogens is 220 g/mol. The van der Waals surface area contributed by atoms with Crippen molar-refractivity contribution in [2.75, 3.05) is 0 Å². The normalized spacial score (nSPS) is 26.9. The van der Waals surface area contributed by atoms with Crippen molar-refractivity contribution in [2.24, 2.45) is 11.7 Å². The van der Waals surface area contributed by atoms with E-state index in [1.807, 2.05) is 0 Å². The molecule has 2 atom stereocenters. The maximum absolute atomic E-state index is 6.22. The van der Waals surface area contributed by atoms with Gasteiger partial charge in [0.1, 0.15) is 0 Å². The summed E-state index contributed by atoms with van der Waals surface area (Å²) in [4.78, 5) is 0. The summed E-state index contributed by atoms with van der Waals surface area (Å²) in [6.45, 7) is 2.41. The Morgan fingerprint density at radius 3 is 2.72 bits per heavy atom. The van der Waals surface area contributed by atoms with Crippen LogP contribution in [0.3, 0.4) is 0 Å². The summed E-state index contributed by atoms with van der Waals surface area (Å²) in [6.07, 6.45) is 13.1. The number of fused-ring (bicyclic) bond motifs is 1. The van der Waals surface area contributed by atoms with E-state index in [1.165, 1.54) is 56.2 Å². The SMILES string of the molecule is CC(C1CCCCC1)n1ccc2c1CCCC2N. The quantitative estimate of drug-likeness (QED) is 0.841. The minimum Gasteiger partial charge on any atom is -0.348 e. The molecule has 2 nitrogen and oxygen atoms in total. The monoisotopic (exact) mass is 246 g/mol. The van der Waals surface area contributed by atoms with Crippen LogP contribution in [-0.2, 0) is 6.42 Å². The van der Waals surface area contributed by atoms with Crippen LogP contribution < -0.4 is 5.73 Å². The average molecular weight is 246 g/mol. The first kappa shape index (κ1) is 12.3. The highest BCUT2D eigenvalue weighted by Crippen LogP contribution is 2.37. The highest BCUT2D eigenvalue weighted by molar-refractivity contribution is 5.28. The Labute approximate surface area is 111 Å². The van der Waals surface area contributed by atoms with E-state index in [0.717, 1.165) is 12.3 Å². The molecule has 0 aliphatic heterocycles. The van der Waals surface area contributed by atoms with E-state index >= 15 is 0 Å². The molecule has 2 aliphatic rings. The number of nitrogens with zero attached hydrogens (tertiary/aromatic N) is 1. The van der Waals surface area contributed by atoms with Crippen molar-refractivity contribution in [2.45, 2.75) is 70.4 Å². The molecule has 1 saturated carbocycles. The van der Waals surface area contributed by atoms with Gasteiger partial charge in [-0.05, 0) is 56.6 Å². The van der Waals surface area contributed by atoms with Gasteiger partial charge in [-0.15, -0.1) is 0 Å². The number of hydrogen-bond acceptors (Lipinski definition) is 1. The molecule has 3 rings (SSSR count). The highest BCUT2D eigenvalue weighted by Gasteiger charge is 2.26. The first-order valence-electron chi connectivity index (χ1n) is 7.72. The summed E-state index contributed by atoms with van der Waals surface area (Å²) in [6, 6.07) is 3.23. The minimum atomic E-state index is 0.286. The number of rotatable bonds is 2. The van der Waals surface area contributed by atoms with Crippen molar-refractivity contribution in [3.8, 4) is 0 Å². The Hall–Kier alpha value is -0.760. The standard InChI is InChI=1S/C16H26N2/c1-12(13-6-3-2-4-7-13)18-11-10-14-15(17)8-5-9-16(14)18/h10-13,15H,2-9,17H2,1H3. The molecule has 0 radical (unpaired) electrons. The van der Waals surface area contributed by atoms with Gasteiger partial charge in [-0.1, -0.05) is 19.3 Å². The largest absolute Gasteiger partial charge is 0.348 e. The van der Waals surface area contributed by atoms with Crippen molar-refractivity contribution >= 4 is 0 Å². The molecule has 1 heterocycles. The zero-order valence-corrected chi connectivity index (χ0v) is 11.6. The van der Waals surface area contributed by atoms with Gasteiger partial charge in [-0.25, -0.2) is 0 Å². The molecule has 2 unspecified atom stereocenters. The van der Waals surface area contributed by atoms with Gasteiger partial charge < -0.3 is 10.3 Å². The number of hydrogen-bond donors (Lipinski definition) is 1. The Balaban J connectivity index is 1.83. The smallest absolute Gasteiger partial charge is 0.0333 e. The molecule has 0 aromatic carbocycles. The molecule has 0 bridgehead atoms. The van der Waals surface area contributed by atoms with Crippen LogP contribution in [0, 0.1) is 5.92 Å². The van der Waals surface area contributed by atoms with E-state index in [-0.39, 0.29) is 6.04 Å². The van der Waals surface area contributed by atoms with E-state index in [1.54, 1.807) is 0 Å². The Morgan fingerprint density at radius 1 is 1.17 bits per heavy atom. The summed E-state index contributed by atoms with van der Waals surface area (Å²) >= 11 is 0. The topological polar surface area (TPSA) is 30.9 Å². The molecule has 2 heteroatoms. The third-order valence-electron chi connectivity index (χ3n) is 5.16. The van der Waals surface area contributed by atoms with Crippen LogP contribution in [0.1, 0.15) is 75.2 Å². The van der Waals surface area contributed by atoms with Crippen molar-refractivity contribution in [1.29, 1.82) is 0 Å². The van der Waals surface area contributed by atoms with Gasteiger partial charge in [0.2, 0.25) is 0 Å². The number of aromatic nitrogens is 1. The fourth-order valence-electron chi connectivity index (χ4n) is 3.98. The fourth-order valence-corrected chi connectivity index (χ4v) is 3.98. The van der Waals surface area contributed by atoms with Crippen molar-refractivity contribution in [3.63, 3.8) is 0 Å². The van der Waals surface area contributed by atoms with Gasteiger partial charge in [-0.2, -0.15) is 0 Å². The van der Waals surface area contributed by atoms with E-state index in [4.69, 9.17) is 5.73 Å². The summed E-state index contributed by atoms with van der Waals surface area (Å²) in [7, 11) is 0. The zero-order chi connectivity index (χ0) is 12.5. The van der Waals surface area contributed by atoms with Gasteiger partial charge in [0, 0.05) is 24.0 Å². The maximum Gasteiger partial charge on any atom is 0.0333 e. The highest BCUT2D eigenvalue weighted by atomic mass is 15.0. The van der Waals surface area contributed by atoms with Crippen molar-refractivity contribution < 1.29 is 0 Å². The molecule has 1 aromatic heterocycles. The van der Waals surface area contributed by atoms with Crippen LogP contribution in [0.25, 0.3) is 0 Å². The van der Waals surface area contributed by atoms with Gasteiger partial charge in [0.15, 0.2) is 0 Å². The van der Waals surface area contributed by atoms with Gasteiger partial charge in [0.25, 0.3) is 0 Å². The second kappa shape index (κ2) is 5.08. The van der Waals surface area contributed by atoms with E-state index < -0.39 is 0 Å². The van der Waals surface area contributed by atoms with E-state index in [0.29, 0.717) is 6.04 Å². The first-order chi connectivity index (χ1) is 8.77. The Kier molecular flexibility index (Phi) is 3.47. The Morgan fingerprint density at radius 2 is 1.94 bits per heavy atom. The second-order valence-electron chi connectivity index (χ2n) is 6.26. The van der Waals surface area contributed by atoms with Crippen LogP contribution in [-0.4, -0.2) is 4.57 Å². The lowest BCUT2D eigenvalue weighted by Gasteiger charge is -2.31. The van der Waals surface area contributed by atoms with Gasteiger partial charge in [0.05, 0.1) is 0 Å². The van der Waals surface area contributed by atoms with Crippen LogP contribution in [0.4, 0.5) is 0 Å². The van der Waals surface area contributed by atoms with E-state index in [2.05, 4.69) is 23.8 Å². The van der Waals surface area contributed by atoms with Crippen LogP contribution >= 0.6 is 0 Å². The fraction of sp³-hybridized carbons (Fsp3) is 0.750. The molecule has 0 amide bonds. The summed E-state index contributed by atoms with van der Waals surface area (Å²) < 4.78 is 2.55. The first-order valence-corrected chi connectivity index (χ1v) is 7.72. The number of nitrogens with two attached hydrogens (primary N) is 1. The van der Waals surface area contributed by atoms with Crippen molar-refractivity contribution in [3.05, 3.63) is 23.5 Å². The molecule has 2 N–H and O–H groups in total. The second-order valence-corrected chi connectivity index (χ2v) is 6.26. The summed E-state index contributed by atoms with van der Waals surface area (Å²) in [5, 5.41) is 0. The van der Waals surface area contributed by atoms with Crippen molar-refractivity contribution in [1.82, 2.24) is 4.57 Å². The molecule has 1 aromatic rings. The maximum atomic E-state index is 6.22. The molecule has 18 heavy (non-hydrogen) atoms. The third-order valence-corrected chi connectivity index (χ3v) is 5.16. The lowest BCUT2D eigenvalue weighted by molar-refractivity contribution is 0.259. The predicted octanol–water partition coefficient (Wildman–Crippen LogP) is 3.97. The Bertz CT molecular complexity index is 401. The molecular formula is C16H26N2. The molecule has 0 spiro atoms. The third kappa shape index (κ3) is 2.11.